The summed E-state index contributed by atoms with van der Waals surface area (Å²) in [5, 5.41) is 8.14. The number of hydrogen-bond donors (Lipinski definition) is 0. The van der Waals surface area contributed by atoms with Crippen molar-refractivity contribution in [1.82, 2.24) is 10.2 Å². The SMILES string of the molecule is CCCCCOc1nnc(C(=O)OCC)s1. The van der Waals surface area contributed by atoms with Crippen LogP contribution in [-0.4, -0.2) is 29.4 Å². The van der Waals surface area contributed by atoms with Crippen LogP contribution in [0, 0.1) is 0 Å². The highest BCUT2D eigenvalue weighted by Gasteiger charge is 2.14. The zero-order valence-electron chi connectivity index (χ0n) is 9.56. The van der Waals surface area contributed by atoms with Crippen molar-refractivity contribution in [3.8, 4) is 5.19 Å². The number of hydrogen-bond acceptors (Lipinski definition) is 6. The van der Waals surface area contributed by atoms with Crippen LogP contribution in [-0.2, 0) is 4.74 Å². The molecule has 0 aliphatic rings. The summed E-state index contributed by atoms with van der Waals surface area (Å²) in [4.78, 5) is 11.3. The van der Waals surface area contributed by atoms with Crippen LogP contribution in [0.4, 0.5) is 0 Å². The largest absolute Gasteiger partial charge is 0.469 e. The Morgan fingerprint density at radius 3 is 2.81 bits per heavy atom. The molecule has 0 bridgehead atoms. The van der Waals surface area contributed by atoms with Gasteiger partial charge in [-0.15, -0.1) is 5.10 Å². The lowest BCUT2D eigenvalue weighted by Crippen LogP contribution is -2.03. The van der Waals surface area contributed by atoms with Gasteiger partial charge in [-0.05, 0) is 24.7 Å². The predicted octanol–water partition coefficient (Wildman–Crippen LogP) is 2.28. The zero-order valence-corrected chi connectivity index (χ0v) is 10.4. The highest BCUT2D eigenvalue weighted by Crippen LogP contribution is 2.18. The highest BCUT2D eigenvalue weighted by molar-refractivity contribution is 7.14. The van der Waals surface area contributed by atoms with Crippen LogP contribution >= 0.6 is 11.3 Å². The van der Waals surface area contributed by atoms with Crippen LogP contribution in [0.2, 0.25) is 0 Å². The van der Waals surface area contributed by atoms with E-state index in [1.165, 1.54) is 0 Å². The van der Waals surface area contributed by atoms with Crippen LogP contribution in [0.25, 0.3) is 0 Å². The maximum absolute atomic E-state index is 11.3. The molecule has 1 heterocycles. The molecule has 5 nitrogen and oxygen atoms in total. The topological polar surface area (TPSA) is 61.3 Å². The number of rotatable bonds is 7. The summed E-state index contributed by atoms with van der Waals surface area (Å²) in [5.41, 5.74) is 0. The Labute approximate surface area is 98.8 Å². The molecule has 1 rings (SSSR count). The Morgan fingerprint density at radius 1 is 1.31 bits per heavy atom. The molecule has 0 N–H and O–H groups in total. The van der Waals surface area contributed by atoms with Gasteiger partial charge in [-0.2, -0.15) is 0 Å². The first-order chi connectivity index (χ1) is 7.77. The summed E-state index contributed by atoms with van der Waals surface area (Å²) in [6.45, 7) is 4.83. The van der Waals surface area contributed by atoms with E-state index in [-0.39, 0.29) is 5.01 Å². The molecule has 0 unspecified atom stereocenters. The molecule has 0 spiro atoms. The van der Waals surface area contributed by atoms with Crippen molar-refractivity contribution in [1.29, 1.82) is 0 Å². The molecule has 0 amide bonds. The first kappa shape index (κ1) is 12.9. The quantitative estimate of drug-likeness (QED) is 0.544. The number of aromatic nitrogens is 2. The van der Waals surface area contributed by atoms with Crippen LogP contribution in [0.1, 0.15) is 42.9 Å². The number of nitrogens with zero attached hydrogens (tertiary/aromatic N) is 2. The van der Waals surface area contributed by atoms with E-state index < -0.39 is 5.97 Å². The molecule has 1 aromatic rings. The maximum atomic E-state index is 11.3. The van der Waals surface area contributed by atoms with Gasteiger partial charge in [-0.25, -0.2) is 4.79 Å². The summed E-state index contributed by atoms with van der Waals surface area (Å²) in [5.74, 6) is -0.441. The molecule has 0 fully saturated rings. The second-order valence-electron chi connectivity index (χ2n) is 3.15. The fourth-order valence-electron chi connectivity index (χ4n) is 1.05. The number of ether oxygens (including phenoxy) is 2. The van der Waals surface area contributed by atoms with Gasteiger partial charge < -0.3 is 9.47 Å². The molecule has 6 heteroatoms. The molecule has 0 radical (unpaired) electrons. The highest BCUT2D eigenvalue weighted by atomic mass is 32.1. The third-order valence-electron chi connectivity index (χ3n) is 1.83. The van der Waals surface area contributed by atoms with Gasteiger partial charge in [0.25, 0.3) is 5.19 Å². The second-order valence-corrected chi connectivity index (χ2v) is 4.09. The molecule has 0 aliphatic heterocycles. The van der Waals surface area contributed by atoms with E-state index in [1.807, 2.05) is 0 Å². The third-order valence-corrected chi connectivity index (χ3v) is 2.65. The van der Waals surface area contributed by atoms with Crippen LogP contribution in [0.5, 0.6) is 5.19 Å². The lowest BCUT2D eigenvalue weighted by Gasteiger charge is -1.99. The monoisotopic (exact) mass is 244 g/mol. The average molecular weight is 244 g/mol. The van der Waals surface area contributed by atoms with E-state index in [0.717, 1.165) is 30.6 Å². The van der Waals surface area contributed by atoms with Gasteiger partial charge in [0.1, 0.15) is 0 Å². The van der Waals surface area contributed by atoms with E-state index in [9.17, 15) is 4.79 Å². The molecule has 0 saturated carbocycles. The normalized spacial score (nSPS) is 10.1. The van der Waals surface area contributed by atoms with Gasteiger partial charge >= 0.3 is 5.97 Å². The molecule has 16 heavy (non-hydrogen) atoms. The van der Waals surface area contributed by atoms with Crippen LogP contribution < -0.4 is 4.74 Å². The van der Waals surface area contributed by atoms with E-state index in [2.05, 4.69) is 17.1 Å². The van der Waals surface area contributed by atoms with Crippen LogP contribution in [0.3, 0.4) is 0 Å². The first-order valence-electron chi connectivity index (χ1n) is 5.41. The summed E-state index contributed by atoms with van der Waals surface area (Å²) in [6, 6.07) is 0. The number of esters is 1. The number of carbonyl (C=O) groups excluding carboxylic acids is 1. The molecular formula is C10H16N2O3S. The minimum atomic E-state index is -0.441. The summed E-state index contributed by atoms with van der Waals surface area (Å²) >= 11 is 1.12. The second kappa shape index (κ2) is 7.16. The summed E-state index contributed by atoms with van der Waals surface area (Å²) < 4.78 is 10.2. The van der Waals surface area contributed by atoms with Gasteiger partial charge in [0.15, 0.2) is 0 Å². The molecule has 0 atom stereocenters. The Bertz CT molecular complexity index is 328. The zero-order chi connectivity index (χ0) is 11.8. The molecule has 0 aliphatic carbocycles. The lowest BCUT2D eigenvalue weighted by atomic mass is 10.3. The maximum Gasteiger partial charge on any atom is 0.369 e. The summed E-state index contributed by atoms with van der Waals surface area (Å²) in [7, 11) is 0. The number of carbonyl (C=O) groups is 1. The van der Waals surface area contributed by atoms with Gasteiger partial charge in [-0.3, -0.25) is 0 Å². The van der Waals surface area contributed by atoms with E-state index in [1.54, 1.807) is 6.92 Å². The van der Waals surface area contributed by atoms with Gasteiger partial charge in [0.05, 0.1) is 13.2 Å². The smallest absolute Gasteiger partial charge is 0.369 e. The Morgan fingerprint density at radius 2 is 2.12 bits per heavy atom. The van der Waals surface area contributed by atoms with Gasteiger partial charge in [0, 0.05) is 0 Å². The van der Waals surface area contributed by atoms with Gasteiger partial charge in [-0.1, -0.05) is 24.9 Å². The molecular weight excluding hydrogens is 228 g/mol. The van der Waals surface area contributed by atoms with Crippen molar-refractivity contribution in [2.75, 3.05) is 13.2 Å². The van der Waals surface area contributed by atoms with Crippen molar-refractivity contribution in [2.45, 2.75) is 33.1 Å². The van der Waals surface area contributed by atoms with E-state index >= 15 is 0 Å². The third kappa shape index (κ3) is 4.14. The average Bonchev–Trinajstić information content (AvgIpc) is 2.73. The fourth-order valence-corrected chi connectivity index (χ4v) is 1.67. The molecule has 0 aromatic carbocycles. The molecule has 90 valence electrons. The molecule has 0 saturated heterocycles. The Kier molecular flexibility index (Phi) is 5.77. The standard InChI is InChI=1S/C10H16N2O3S/c1-3-5-6-7-15-10-12-11-8(16-10)9(13)14-4-2/h3-7H2,1-2H3. The molecule has 1 aromatic heterocycles. The van der Waals surface area contributed by atoms with Crippen molar-refractivity contribution in [3.05, 3.63) is 5.01 Å². The fraction of sp³-hybridized carbons (Fsp3) is 0.700. The van der Waals surface area contributed by atoms with E-state index in [4.69, 9.17) is 9.47 Å². The van der Waals surface area contributed by atoms with Crippen molar-refractivity contribution < 1.29 is 14.3 Å². The number of unbranched alkanes of at least 4 members (excludes halogenated alkanes) is 2. The Hall–Kier alpha value is -1.17. The van der Waals surface area contributed by atoms with Crippen molar-refractivity contribution >= 4 is 17.3 Å². The van der Waals surface area contributed by atoms with Crippen LogP contribution in [0.15, 0.2) is 0 Å². The van der Waals surface area contributed by atoms with Crippen molar-refractivity contribution in [2.24, 2.45) is 0 Å². The van der Waals surface area contributed by atoms with E-state index in [0.29, 0.717) is 18.4 Å². The minimum absolute atomic E-state index is 0.243. The van der Waals surface area contributed by atoms with Gasteiger partial charge in [0.2, 0.25) is 5.01 Å². The predicted molar refractivity (Wildman–Crippen MR) is 60.9 cm³/mol. The lowest BCUT2D eigenvalue weighted by molar-refractivity contribution is 0.0525. The minimum Gasteiger partial charge on any atom is -0.469 e. The summed E-state index contributed by atoms with van der Waals surface area (Å²) in [6.07, 6.45) is 3.27. The van der Waals surface area contributed by atoms with Crippen molar-refractivity contribution in [3.63, 3.8) is 0 Å². The first-order valence-corrected chi connectivity index (χ1v) is 6.23. The Balaban J connectivity index is 2.36.